The van der Waals surface area contributed by atoms with Crippen LogP contribution in [0.15, 0.2) is 16.3 Å². The second-order valence-corrected chi connectivity index (χ2v) is 8.22. The number of sulfonamides is 1. The number of hydrogen-bond acceptors (Lipinski definition) is 6. The second kappa shape index (κ2) is 8.35. The van der Waals surface area contributed by atoms with Gasteiger partial charge < -0.3 is 11.1 Å². The van der Waals surface area contributed by atoms with Gasteiger partial charge in [-0.05, 0) is 11.4 Å². The van der Waals surface area contributed by atoms with Gasteiger partial charge in [0.15, 0.2) is 0 Å². The topological polar surface area (TPSA) is 92.5 Å². The Morgan fingerprint density at radius 3 is 2.67 bits per heavy atom. The molecule has 1 saturated heterocycles. The number of nitrogens with one attached hydrogen (secondary N) is 1. The Morgan fingerprint density at radius 1 is 1.38 bits per heavy atom. The van der Waals surface area contributed by atoms with Crippen LogP contribution in [0.3, 0.4) is 0 Å². The van der Waals surface area contributed by atoms with E-state index >= 15 is 0 Å². The van der Waals surface area contributed by atoms with Crippen molar-refractivity contribution in [1.82, 2.24) is 9.62 Å². The van der Waals surface area contributed by atoms with Crippen molar-refractivity contribution in [2.75, 3.05) is 37.7 Å². The molecular weight excluding hydrogens is 354 g/mol. The summed E-state index contributed by atoms with van der Waals surface area (Å²) in [5.74, 6) is 1.20. The standard InChI is InChI=1S/C11H17N3O3S3.ClH/c12-2-3-13-11(15)10-9(1-6-19-10)20(16,17)14-4-7-18-8-5-14;/h1,6H,2-5,7-8,12H2,(H,13,15);1H. The lowest BCUT2D eigenvalue weighted by molar-refractivity contribution is 0.0955. The first kappa shape index (κ1) is 18.7. The SMILES string of the molecule is Cl.NCCNC(=O)c1sccc1S(=O)(=O)N1CCSCC1. The van der Waals surface area contributed by atoms with Crippen LogP contribution in [0.4, 0.5) is 0 Å². The van der Waals surface area contributed by atoms with Crippen LogP contribution in [0.2, 0.25) is 0 Å². The fraction of sp³-hybridized carbons (Fsp3) is 0.545. The van der Waals surface area contributed by atoms with Crippen LogP contribution < -0.4 is 11.1 Å². The van der Waals surface area contributed by atoms with Crippen molar-refractivity contribution in [2.24, 2.45) is 5.73 Å². The van der Waals surface area contributed by atoms with E-state index in [9.17, 15) is 13.2 Å². The number of hydrogen-bond donors (Lipinski definition) is 2. The Bertz CT molecular complexity index is 570. The van der Waals surface area contributed by atoms with Gasteiger partial charge in [0.1, 0.15) is 9.77 Å². The zero-order chi connectivity index (χ0) is 14.6. The second-order valence-electron chi connectivity index (χ2n) is 4.18. The highest BCUT2D eigenvalue weighted by molar-refractivity contribution is 7.99. The van der Waals surface area contributed by atoms with Gasteiger partial charge in [-0.3, -0.25) is 4.79 Å². The minimum absolute atomic E-state index is 0. The molecule has 0 saturated carbocycles. The highest BCUT2D eigenvalue weighted by Gasteiger charge is 2.30. The van der Waals surface area contributed by atoms with Crippen LogP contribution in [-0.2, 0) is 10.0 Å². The predicted molar refractivity (Wildman–Crippen MR) is 89.0 cm³/mol. The summed E-state index contributed by atoms with van der Waals surface area (Å²) in [6, 6.07) is 1.50. The number of carbonyl (C=O) groups is 1. The molecule has 0 atom stereocenters. The molecule has 2 rings (SSSR count). The molecule has 0 aliphatic carbocycles. The Morgan fingerprint density at radius 2 is 2.05 bits per heavy atom. The molecule has 0 spiro atoms. The fourth-order valence-corrected chi connectivity index (χ4v) is 5.75. The molecule has 0 radical (unpaired) electrons. The lowest BCUT2D eigenvalue weighted by atomic mass is 10.4. The number of amides is 1. The van der Waals surface area contributed by atoms with Crippen LogP contribution in [0.5, 0.6) is 0 Å². The van der Waals surface area contributed by atoms with Crippen LogP contribution in [-0.4, -0.2) is 56.3 Å². The lowest BCUT2D eigenvalue weighted by Crippen LogP contribution is -2.38. The largest absolute Gasteiger partial charge is 0.350 e. The first-order valence-corrected chi connectivity index (χ1v) is 9.68. The van der Waals surface area contributed by atoms with Crippen LogP contribution >= 0.6 is 35.5 Å². The zero-order valence-corrected chi connectivity index (χ0v) is 14.5. The van der Waals surface area contributed by atoms with Gasteiger partial charge in [-0.25, -0.2) is 8.42 Å². The van der Waals surface area contributed by atoms with Crippen molar-refractivity contribution < 1.29 is 13.2 Å². The van der Waals surface area contributed by atoms with E-state index in [2.05, 4.69) is 5.32 Å². The summed E-state index contributed by atoms with van der Waals surface area (Å²) in [5, 5.41) is 4.24. The summed E-state index contributed by atoms with van der Waals surface area (Å²) < 4.78 is 26.6. The Balaban J connectivity index is 0.00000220. The van der Waals surface area contributed by atoms with E-state index in [1.54, 1.807) is 17.1 Å². The number of carbonyl (C=O) groups excluding carboxylic acids is 1. The monoisotopic (exact) mass is 371 g/mol. The lowest BCUT2D eigenvalue weighted by Gasteiger charge is -2.25. The van der Waals surface area contributed by atoms with Crippen molar-refractivity contribution in [3.8, 4) is 0 Å². The third kappa shape index (κ3) is 4.33. The highest BCUT2D eigenvalue weighted by Crippen LogP contribution is 2.26. The maximum absolute atomic E-state index is 12.6. The van der Waals surface area contributed by atoms with Gasteiger partial charge in [-0.2, -0.15) is 16.1 Å². The molecule has 1 fully saturated rings. The van der Waals surface area contributed by atoms with E-state index in [0.717, 1.165) is 22.8 Å². The third-order valence-corrected chi connectivity index (χ3v) is 6.78. The van der Waals surface area contributed by atoms with Crippen molar-refractivity contribution in [3.05, 3.63) is 16.3 Å². The molecular formula is C11H18ClN3O3S3. The van der Waals surface area contributed by atoms with Gasteiger partial charge in [0, 0.05) is 37.7 Å². The summed E-state index contributed by atoms with van der Waals surface area (Å²) in [5.41, 5.74) is 5.33. The average molecular weight is 372 g/mol. The predicted octanol–water partition coefficient (Wildman–Crippen LogP) is 0.596. The molecule has 1 aromatic rings. The molecule has 1 aromatic heterocycles. The highest BCUT2D eigenvalue weighted by atomic mass is 35.5. The van der Waals surface area contributed by atoms with Gasteiger partial charge in [-0.1, -0.05) is 0 Å². The Hall–Kier alpha value is -0.320. The molecule has 2 heterocycles. The smallest absolute Gasteiger partial charge is 0.262 e. The van der Waals surface area contributed by atoms with E-state index in [1.165, 1.54) is 10.4 Å². The van der Waals surface area contributed by atoms with Gasteiger partial charge in [0.05, 0.1) is 0 Å². The summed E-state index contributed by atoms with van der Waals surface area (Å²) >= 11 is 2.87. The maximum atomic E-state index is 12.6. The summed E-state index contributed by atoms with van der Waals surface area (Å²) in [6.45, 7) is 1.64. The van der Waals surface area contributed by atoms with E-state index in [0.29, 0.717) is 26.2 Å². The van der Waals surface area contributed by atoms with E-state index in [4.69, 9.17) is 5.73 Å². The van der Waals surface area contributed by atoms with Gasteiger partial charge >= 0.3 is 0 Å². The van der Waals surface area contributed by atoms with Crippen molar-refractivity contribution in [1.29, 1.82) is 0 Å². The minimum Gasteiger partial charge on any atom is -0.350 e. The third-order valence-electron chi connectivity index (χ3n) is 2.85. The molecule has 1 aliphatic heterocycles. The van der Waals surface area contributed by atoms with Gasteiger partial charge in [-0.15, -0.1) is 23.7 Å². The van der Waals surface area contributed by atoms with E-state index < -0.39 is 10.0 Å². The van der Waals surface area contributed by atoms with Gasteiger partial charge in [0.2, 0.25) is 10.0 Å². The van der Waals surface area contributed by atoms with E-state index in [1.807, 2.05) is 0 Å². The first-order valence-electron chi connectivity index (χ1n) is 6.21. The van der Waals surface area contributed by atoms with Gasteiger partial charge in [0.25, 0.3) is 5.91 Å². The molecule has 21 heavy (non-hydrogen) atoms. The average Bonchev–Trinajstić information content (AvgIpc) is 2.96. The Labute approximate surface area is 138 Å². The minimum atomic E-state index is -3.58. The van der Waals surface area contributed by atoms with Crippen LogP contribution in [0.25, 0.3) is 0 Å². The first-order chi connectivity index (χ1) is 9.57. The normalized spacial score (nSPS) is 16.2. The number of nitrogens with two attached hydrogens (primary N) is 1. The number of thiophene rings is 1. The maximum Gasteiger partial charge on any atom is 0.262 e. The van der Waals surface area contributed by atoms with Crippen molar-refractivity contribution in [3.63, 3.8) is 0 Å². The quantitative estimate of drug-likeness (QED) is 0.790. The number of thioether (sulfide) groups is 1. The molecule has 0 bridgehead atoms. The molecule has 0 aromatic carbocycles. The molecule has 0 unspecified atom stereocenters. The Kier molecular flexibility index (Phi) is 7.45. The van der Waals surface area contributed by atoms with Crippen LogP contribution in [0, 0.1) is 0 Å². The summed E-state index contributed by atoms with van der Waals surface area (Å²) in [7, 11) is -3.58. The number of rotatable bonds is 5. The summed E-state index contributed by atoms with van der Waals surface area (Å²) in [6.07, 6.45) is 0. The number of halogens is 1. The molecule has 6 nitrogen and oxygen atoms in total. The summed E-state index contributed by atoms with van der Waals surface area (Å²) in [4.78, 5) is 12.3. The number of nitrogens with zero attached hydrogens (tertiary/aromatic N) is 1. The molecule has 3 N–H and O–H groups in total. The molecule has 120 valence electrons. The van der Waals surface area contributed by atoms with Crippen molar-refractivity contribution in [2.45, 2.75) is 4.90 Å². The molecule has 10 heteroatoms. The molecule has 1 amide bonds. The zero-order valence-electron chi connectivity index (χ0n) is 11.3. The van der Waals surface area contributed by atoms with Crippen LogP contribution in [0.1, 0.15) is 9.67 Å². The van der Waals surface area contributed by atoms with Crippen molar-refractivity contribution >= 4 is 51.4 Å². The molecule has 1 aliphatic rings. The van der Waals surface area contributed by atoms with E-state index in [-0.39, 0.29) is 28.1 Å². The fourth-order valence-electron chi connectivity index (χ4n) is 1.86.